The van der Waals surface area contributed by atoms with Crippen LogP contribution in [0.2, 0.25) is 0 Å². The molecule has 1 atom stereocenters. The van der Waals surface area contributed by atoms with Gasteiger partial charge in [-0.1, -0.05) is 18.2 Å². The van der Waals surface area contributed by atoms with Crippen LogP contribution < -0.4 is 4.90 Å². The Morgan fingerprint density at radius 1 is 1.22 bits per heavy atom. The highest BCUT2D eigenvalue weighted by atomic mass is 16.4. The van der Waals surface area contributed by atoms with Crippen molar-refractivity contribution in [3.8, 4) is 5.69 Å². The zero-order valence-electron chi connectivity index (χ0n) is 12.3. The molecule has 1 aliphatic heterocycles. The predicted octanol–water partition coefficient (Wildman–Crippen LogP) is 1.73. The third kappa shape index (κ3) is 2.30. The Hall–Kier alpha value is -2.96. The maximum Gasteiger partial charge on any atom is 0.308 e. The number of nitrogens with zero attached hydrogens (tertiary/aromatic N) is 5. The standard InChI is InChI=1S/C16H15N5O2/c22-16(23)11-6-7-20(9-11)14-13-8-19-21(15(13)18-10-17-14)12-4-2-1-3-5-12/h1-5,8,10-11H,6-7,9H2,(H,22,23). The molecule has 2 aromatic heterocycles. The summed E-state index contributed by atoms with van der Waals surface area (Å²) in [5.41, 5.74) is 1.65. The van der Waals surface area contributed by atoms with Crippen LogP contribution in [0.25, 0.3) is 16.7 Å². The largest absolute Gasteiger partial charge is 0.481 e. The normalized spacial score (nSPS) is 17.7. The van der Waals surface area contributed by atoms with E-state index in [0.717, 1.165) is 22.5 Å². The third-order valence-electron chi connectivity index (χ3n) is 4.18. The van der Waals surface area contributed by atoms with Crippen LogP contribution in [0.4, 0.5) is 5.82 Å². The molecule has 3 aromatic rings. The first-order valence-electron chi connectivity index (χ1n) is 7.46. The van der Waals surface area contributed by atoms with Gasteiger partial charge in [-0.25, -0.2) is 14.6 Å². The molecule has 7 heteroatoms. The Bertz CT molecular complexity index is 861. The molecule has 1 aromatic carbocycles. The second kappa shape index (κ2) is 5.35. The van der Waals surface area contributed by atoms with Gasteiger partial charge in [-0.3, -0.25) is 4.79 Å². The topological polar surface area (TPSA) is 84.1 Å². The summed E-state index contributed by atoms with van der Waals surface area (Å²) >= 11 is 0. The summed E-state index contributed by atoms with van der Waals surface area (Å²) in [6.45, 7) is 1.15. The van der Waals surface area contributed by atoms with Crippen molar-refractivity contribution >= 4 is 22.8 Å². The number of fused-ring (bicyclic) bond motifs is 1. The van der Waals surface area contributed by atoms with Crippen LogP contribution in [-0.4, -0.2) is 43.9 Å². The molecule has 0 saturated carbocycles. The molecule has 1 saturated heterocycles. The van der Waals surface area contributed by atoms with E-state index in [9.17, 15) is 4.79 Å². The molecular formula is C16H15N5O2. The fourth-order valence-corrected chi connectivity index (χ4v) is 3.00. The highest BCUT2D eigenvalue weighted by Crippen LogP contribution is 2.28. The van der Waals surface area contributed by atoms with Crippen molar-refractivity contribution in [2.75, 3.05) is 18.0 Å². The molecule has 0 bridgehead atoms. The lowest BCUT2D eigenvalue weighted by Crippen LogP contribution is -2.23. The summed E-state index contributed by atoms with van der Waals surface area (Å²) in [7, 11) is 0. The zero-order chi connectivity index (χ0) is 15.8. The average Bonchev–Trinajstić information content (AvgIpc) is 3.22. The first-order valence-corrected chi connectivity index (χ1v) is 7.46. The summed E-state index contributed by atoms with van der Waals surface area (Å²) in [5.74, 6) is -0.345. The van der Waals surface area contributed by atoms with Gasteiger partial charge in [-0.2, -0.15) is 5.10 Å². The monoisotopic (exact) mass is 309 g/mol. The van der Waals surface area contributed by atoms with Crippen molar-refractivity contribution in [2.24, 2.45) is 5.92 Å². The van der Waals surface area contributed by atoms with E-state index in [4.69, 9.17) is 5.11 Å². The maximum absolute atomic E-state index is 11.2. The lowest BCUT2D eigenvalue weighted by molar-refractivity contribution is -0.140. The van der Waals surface area contributed by atoms with Gasteiger partial charge in [0.05, 0.1) is 23.2 Å². The molecule has 1 aliphatic rings. The molecule has 1 unspecified atom stereocenters. The SMILES string of the molecule is O=C(O)C1CCN(c2ncnc3c2cnn3-c2ccccc2)C1. The van der Waals surface area contributed by atoms with Crippen molar-refractivity contribution in [3.63, 3.8) is 0 Å². The zero-order valence-corrected chi connectivity index (χ0v) is 12.3. The third-order valence-corrected chi connectivity index (χ3v) is 4.18. The molecule has 0 radical (unpaired) electrons. The maximum atomic E-state index is 11.2. The molecule has 7 nitrogen and oxygen atoms in total. The van der Waals surface area contributed by atoms with E-state index < -0.39 is 5.97 Å². The van der Waals surface area contributed by atoms with Crippen molar-refractivity contribution in [1.29, 1.82) is 0 Å². The average molecular weight is 309 g/mol. The molecule has 23 heavy (non-hydrogen) atoms. The summed E-state index contributed by atoms with van der Waals surface area (Å²) in [5, 5.41) is 14.4. The lowest BCUT2D eigenvalue weighted by Gasteiger charge is -2.17. The van der Waals surface area contributed by atoms with Crippen LogP contribution in [0.15, 0.2) is 42.9 Å². The number of aliphatic carboxylic acids is 1. The lowest BCUT2D eigenvalue weighted by atomic mass is 10.1. The molecule has 4 rings (SSSR count). The van der Waals surface area contributed by atoms with E-state index in [2.05, 4.69) is 15.1 Å². The number of aromatic nitrogens is 4. The van der Waals surface area contributed by atoms with E-state index in [1.54, 1.807) is 10.9 Å². The molecule has 1 N–H and O–H groups in total. The molecule has 116 valence electrons. The van der Waals surface area contributed by atoms with Crippen LogP contribution in [0, 0.1) is 5.92 Å². The Kier molecular flexibility index (Phi) is 3.18. The Balaban J connectivity index is 1.76. The summed E-state index contributed by atoms with van der Waals surface area (Å²) in [6.07, 6.45) is 3.88. The Morgan fingerprint density at radius 3 is 2.78 bits per heavy atom. The Labute approximate surface area is 132 Å². The van der Waals surface area contributed by atoms with Crippen molar-refractivity contribution in [3.05, 3.63) is 42.9 Å². The highest BCUT2D eigenvalue weighted by molar-refractivity contribution is 5.88. The van der Waals surface area contributed by atoms with Gasteiger partial charge < -0.3 is 10.0 Å². The van der Waals surface area contributed by atoms with Gasteiger partial charge in [-0.15, -0.1) is 0 Å². The molecule has 0 amide bonds. The second-order valence-electron chi connectivity index (χ2n) is 5.60. The smallest absolute Gasteiger partial charge is 0.308 e. The van der Waals surface area contributed by atoms with Crippen LogP contribution in [0.3, 0.4) is 0 Å². The van der Waals surface area contributed by atoms with Gasteiger partial charge in [-0.05, 0) is 18.6 Å². The summed E-state index contributed by atoms with van der Waals surface area (Å²) < 4.78 is 1.77. The number of carboxylic acid groups (broad SMARTS) is 1. The van der Waals surface area contributed by atoms with E-state index in [1.807, 2.05) is 35.2 Å². The molecule has 1 fully saturated rings. The number of benzene rings is 1. The highest BCUT2D eigenvalue weighted by Gasteiger charge is 2.30. The molecule has 3 heterocycles. The van der Waals surface area contributed by atoms with Crippen LogP contribution >= 0.6 is 0 Å². The van der Waals surface area contributed by atoms with E-state index in [-0.39, 0.29) is 5.92 Å². The molecular weight excluding hydrogens is 294 g/mol. The van der Waals surface area contributed by atoms with Gasteiger partial charge in [0.2, 0.25) is 0 Å². The fraction of sp³-hybridized carbons (Fsp3) is 0.250. The number of anilines is 1. The first-order chi connectivity index (χ1) is 11.2. The fourth-order valence-electron chi connectivity index (χ4n) is 3.00. The minimum absolute atomic E-state index is 0.343. The minimum atomic E-state index is -0.752. The number of hydrogen-bond donors (Lipinski definition) is 1. The second-order valence-corrected chi connectivity index (χ2v) is 5.60. The molecule has 0 aliphatic carbocycles. The molecule has 0 spiro atoms. The van der Waals surface area contributed by atoms with Gasteiger partial charge in [0.15, 0.2) is 5.65 Å². The number of carboxylic acids is 1. The van der Waals surface area contributed by atoms with Crippen molar-refractivity contribution in [2.45, 2.75) is 6.42 Å². The van der Waals surface area contributed by atoms with Crippen LogP contribution in [0.5, 0.6) is 0 Å². The van der Waals surface area contributed by atoms with E-state index in [0.29, 0.717) is 19.5 Å². The van der Waals surface area contributed by atoms with E-state index >= 15 is 0 Å². The van der Waals surface area contributed by atoms with Gasteiger partial charge in [0, 0.05) is 13.1 Å². The summed E-state index contributed by atoms with van der Waals surface area (Å²) in [4.78, 5) is 21.9. The quantitative estimate of drug-likeness (QED) is 0.793. The number of para-hydroxylation sites is 1. The number of hydrogen-bond acceptors (Lipinski definition) is 5. The Morgan fingerprint density at radius 2 is 2.04 bits per heavy atom. The number of rotatable bonds is 3. The van der Waals surface area contributed by atoms with Gasteiger partial charge in [0.1, 0.15) is 12.1 Å². The summed E-state index contributed by atoms with van der Waals surface area (Å²) in [6, 6.07) is 9.77. The van der Waals surface area contributed by atoms with E-state index in [1.165, 1.54) is 6.33 Å². The van der Waals surface area contributed by atoms with Crippen molar-refractivity contribution in [1.82, 2.24) is 19.7 Å². The first kappa shape index (κ1) is 13.7. The van der Waals surface area contributed by atoms with Crippen LogP contribution in [0.1, 0.15) is 6.42 Å². The predicted molar refractivity (Wildman–Crippen MR) is 84.6 cm³/mol. The minimum Gasteiger partial charge on any atom is -0.481 e. The number of carbonyl (C=O) groups is 1. The van der Waals surface area contributed by atoms with Gasteiger partial charge in [0.25, 0.3) is 0 Å². The van der Waals surface area contributed by atoms with Gasteiger partial charge >= 0.3 is 5.97 Å². The van der Waals surface area contributed by atoms with Crippen molar-refractivity contribution < 1.29 is 9.90 Å². The van der Waals surface area contributed by atoms with Crippen LogP contribution in [-0.2, 0) is 4.79 Å².